The predicted octanol–water partition coefficient (Wildman–Crippen LogP) is 13.2. The molecule has 8 aromatic rings. The first-order valence-corrected chi connectivity index (χ1v) is 16.4. The second kappa shape index (κ2) is 15.3. The van der Waals surface area contributed by atoms with Crippen LogP contribution in [0.2, 0.25) is 0 Å². The molecule has 8 rings (SSSR count). The summed E-state index contributed by atoms with van der Waals surface area (Å²) >= 11 is 0. The number of benzene rings is 5. The van der Waals surface area contributed by atoms with Gasteiger partial charge in [-0.1, -0.05) is 122 Å². The minimum atomic E-state index is -4.95. The van der Waals surface area contributed by atoms with Crippen molar-refractivity contribution in [2.45, 2.75) is 53.8 Å². The summed E-state index contributed by atoms with van der Waals surface area (Å²) in [5.74, 6) is 0. The van der Waals surface area contributed by atoms with E-state index in [4.69, 9.17) is 23.6 Å². The summed E-state index contributed by atoms with van der Waals surface area (Å²) < 4.78 is 158. The Morgan fingerprint density at radius 1 is 0.704 bits per heavy atom. The number of furan rings is 1. The normalized spacial score (nSPS) is 16.8. The number of hydrogen-bond acceptors (Lipinski definition) is 3. The molecule has 0 saturated carbocycles. The Labute approximate surface area is 347 Å². The van der Waals surface area contributed by atoms with Crippen molar-refractivity contribution in [1.82, 2.24) is 9.97 Å². The van der Waals surface area contributed by atoms with E-state index in [-0.39, 0.29) is 53.7 Å². The standard InChI is InChI=1S/C27H21F3NO.C20H18N.Ir/c1-16-15-31-23(13-18(16)14-26(2,3)27(28,29)30)22-10-6-9-20-21-12-11-17-7-4-5-8-19(17)24(21)32-25(20)22;1-14-9-10-18(20-11-15(2)16(3)13-21-20)12-19(14)17-7-5-4-6-8-17;/h4-9,11-13,15H,14H2,1-3H3;4-9,11-13H,1-3H3;/q2*-1;/i1D3,14D2;1D3,2D3,3D3;. The predicted molar refractivity (Wildman–Crippen MR) is 210 cm³/mol. The zero-order valence-corrected chi connectivity index (χ0v) is 31.1. The average Bonchev–Trinajstić information content (AvgIpc) is 3.64. The van der Waals surface area contributed by atoms with Crippen molar-refractivity contribution in [2.75, 3.05) is 0 Å². The molecule has 5 aromatic carbocycles. The fourth-order valence-electron chi connectivity index (χ4n) is 5.86. The third kappa shape index (κ3) is 7.62. The summed E-state index contributed by atoms with van der Waals surface area (Å²) in [4.78, 5) is 8.35. The van der Waals surface area contributed by atoms with Crippen LogP contribution in [0.3, 0.4) is 0 Å². The van der Waals surface area contributed by atoms with E-state index in [1.165, 1.54) is 12.1 Å². The number of nitrogens with zero attached hydrogens (tertiary/aromatic N) is 2. The van der Waals surface area contributed by atoms with Crippen LogP contribution >= 0.6 is 0 Å². The van der Waals surface area contributed by atoms with Gasteiger partial charge in [-0.15, -0.1) is 47.5 Å². The van der Waals surface area contributed by atoms with Gasteiger partial charge in [0, 0.05) is 62.5 Å². The summed E-state index contributed by atoms with van der Waals surface area (Å²) in [6, 6.07) is 34.9. The van der Waals surface area contributed by atoms with Gasteiger partial charge in [0.2, 0.25) is 0 Å². The maximum atomic E-state index is 13.9. The van der Waals surface area contributed by atoms with Crippen LogP contribution < -0.4 is 0 Å². The molecule has 54 heavy (non-hydrogen) atoms. The largest absolute Gasteiger partial charge is 0.500 e. The third-order valence-corrected chi connectivity index (χ3v) is 8.85. The summed E-state index contributed by atoms with van der Waals surface area (Å²) in [7, 11) is 0. The zero-order valence-electron chi connectivity index (χ0n) is 42.7. The molecular weight excluding hydrogens is 858 g/mol. The number of hydrogen-bond donors (Lipinski definition) is 0. The number of pyridine rings is 2. The first-order chi connectivity index (χ1) is 30.9. The Bertz CT molecular complexity index is 3140. The zero-order chi connectivity index (χ0) is 49.3. The van der Waals surface area contributed by atoms with E-state index in [2.05, 4.69) is 22.1 Å². The summed E-state index contributed by atoms with van der Waals surface area (Å²) in [6.07, 6.45) is -6.08. The maximum Gasteiger partial charge on any atom is 0.394 e. The van der Waals surface area contributed by atoms with E-state index in [9.17, 15) is 13.2 Å². The minimum Gasteiger partial charge on any atom is -0.500 e. The summed E-state index contributed by atoms with van der Waals surface area (Å²) in [5.41, 5.74) is -1.63. The summed E-state index contributed by atoms with van der Waals surface area (Å²) in [6.45, 7) is -9.10. The summed E-state index contributed by atoms with van der Waals surface area (Å²) in [5, 5.41) is 3.37. The maximum absolute atomic E-state index is 13.9. The topological polar surface area (TPSA) is 38.9 Å². The van der Waals surface area contributed by atoms with Crippen molar-refractivity contribution < 1.29 is 56.9 Å². The van der Waals surface area contributed by atoms with Crippen molar-refractivity contribution in [3.05, 3.63) is 155 Å². The fraction of sp³-hybridized carbons (Fsp3) is 0.191. The molecule has 0 unspecified atom stereocenters. The molecule has 0 fully saturated rings. The van der Waals surface area contributed by atoms with E-state index in [0.717, 1.165) is 40.0 Å². The SMILES string of the molecule is [2H]C([2H])([2H])c1c[c-]c(-c2cc(C([2H])([2H])[2H])c(C([2H])([2H])[2H])cn2)cc1-c1ccccc1.[2H]C([2H])([2H])c1cnc(-c2[c-]ccc3c2oc2c4ccccc4ccc32)cc1C([2H])([2H])C(C)(C)C(F)(F)F.[Ir]. The van der Waals surface area contributed by atoms with Gasteiger partial charge in [-0.2, -0.15) is 13.2 Å². The molecule has 275 valence electrons. The van der Waals surface area contributed by atoms with Gasteiger partial charge in [0.15, 0.2) is 0 Å². The molecule has 0 spiro atoms. The number of halogens is 3. The van der Waals surface area contributed by atoms with Gasteiger partial charge in [0.25, 0.3) is 0 Å². The molecule has 7 heteroatoms. The molecule has 3 nitrogen and oxygen atoms in total. The van der Waals surface area contributed by atoms with Gasteiger partial charge in [0.05, 0.1) is 11.0 Å². The average molecular weight is 911 g/mol. The molecule has 1 radical (unpaired) electrons. The van der Waals surface area contributed by atoms with Crippen LogP contribution in [0.4, 0.5) is 13.2 Å². The smallest absolute Gasteiger partial charge is 0.394 e. The second-order valence-electron chi connectivity index (χ2n) is 12.9. The Morgan fingerprint density at radius 3 is 2.17 bits per heavy atom. The van der Waals surface area contributed by atoms with Gasteiger partial charge in [0.1, 0.15) is 5.58 Å². The van der Waals surface area contributed by atoms with Crippen molar-refractivity contribution in [1.29, 1.82) is 0 Å². The third-order valence-electron chi connectivity index (χ3n) is 8.85. The number of alkyl halides is 3. The Balaban J connectivity index is 0.000000226. The molecular formula is C47H39F3IrN2O-2. The van der Waals surface area contributed by atoms with Crippen LogP contribution in [0.15, 0.2) is 120 Å². The first-order valence-electron chi connectivity index (χ1n) is 23.4. The molecule has 3 aromatic heterocycles. The van der Waals surface area contributed by atoms with E-state index in [0.29, 0.717) is 41.7 Å². The fourth-order valence-corrected chi connectivity index (χ4v) is 5.86. The van der Waals surface area contributed by atoms with E-state index < -0.39 is 56.5 Å². The van der Waals surface area contributed by atoms with E-state index >= 15 is 0 Å². The van der Waals surface area contributed by atoms with Crippen molar-refractivity contribution in [2.24, 2.45) is 5.41 Å². The molecule has 0 amide bonds. The van der Waals surface area contributed by atoms with E-state index in [1.54, 1.807) is 42.5 Å². The van der Waals surface area contributed by atoms with Crippen LogP contribution in [-0.4, -0.2) is 16.1 Å². The van der Waals surface area contributed by atoms with Crippen LogP contribution in [0, 0.1) is 45.0 Å². The van der Waals surface area contributed by atoms with Gasteiger partial charge >= 0.3 is 6.18 Å². The van der Waals surface area contributed by atoms with Gasteiger partial charge in [-0.25, -0.2) is 0 Å². The van der Waals surface area contributed by atoms with Crippen molar-refractivity contribution in [3.8, 4) is 33.6 Å². The Kier molecular flexibility index (Phi) is 6.91. The van der Waals surface area contributed by atoms with Crippen LogP contribution in [0.5, 0.6) is 0 Å². The van der Waals surface area contributed by atoms with Crippen LogP contribution in [-0.2, 0) is 26.5 Å². The molecule has 0 aliphatic heterocycles. The van der Waals surface area contributed by atoms with Crippen molar-refractivity contribution >= 4 is 32.7 Å². The minimum absolute atomic E-state index is 0. The van der Waals surface area contributed by atoms with Gasteiger partial charge < -0.3 is 14.4 Å². The molecule has 3 heterocycles. The molecule has 0 aliphatic rings. The van der Waals surface area contributed by atoms with Crippen LogP contribution in [0.1, 0.15) is 60.9 Å². The van der Waals surface area contributed by atoms with E-state index in [1.807, 2.05) is 42.5 Å². The molecule has 0 saturated heterocycles. The Hall–Kier alpha value is -5.10. The molecule has 0 N–H and O–H groups in total. The number of aromatic nitrogens is 2. The second-order valence-corrected chi connectivity index (χ2v) is 12.9. The number of fused-ring (bicyclic) bond motifs is 5. The Morgan fingerprint density at radius 2 is 1.41 bits per heavy atom. The number of aryl methyl sites for hydroxylation is 4. The van der Waals surface area contributed by atoms with Gasteiger partial charge in [-0.05, 0) is 66.0 Å². The monoisotopic (exact) mass is 911 g/mol. The quantitative estimate of drug-likeness (QED) is 0.162. The molecule has 0 aliphatic carbocycles. The molecule has 0 atom stereocenters. The van der Waals surface area contributed by atoms with Crippen LogP contribution in [0.25, 0.3) is 66.4 Å². The van der Waals surface area contributed by atoms with Crippen molar-refractivity contribution in [3.63, 3.8) is 0 Å². The molecule has 0 bridgehead atoms. The van der Waals surface area contributed by atoms with Gasteiger partial charge in [-0.3, -0.25) is 0 Å². The first kappa shape index (κ1) is 24.3. The number of rotatable bonds is 5.